The van der Waals surface area contributed by atoms with Crippen LogP contribution in [0.4, 0.5) is 11.4 Å². The van der Waals surface area contributed by atoms with Crippen LogP contribution in [0.2, 0.25) is 0 Å². The van der Waals surface area contributed by atoms with Crippen molar-refractivity contribution in [2.75, 3.05) is 11.4 Å². The second kappa shape index (κ2) is 6.90. The maximum absolute atomic E-state index is 13.1. The Hall–Kier alpha value is -3.94. The Bertz CT molecular complexity index is 1220. The van der Waals surface area contributed by atoms with Crippen LogP contribution in [-0.4, -0.2) is 38.6 Å². The normalized spacial score (nSPS) is 14.5. The van der Waals surface area contributed by atoms with Crippen molar-refractivity contribution in [1.82, 2.24) is 9.36 Å². The van der Waals surface area contributed by atoms with Gasteiger partial charge in [0.2, 0.25) is 0 Å². The number of hydrogen-bond donors (Lipinski definition) is 1. The number of benzene rings is 2. The third kappa shape index (κ3) is 2.94. The highest BCUT2D eigenvalue weighted by Gasteiger charge is 2.35. The number of nitrogens with zero attached hydrogens (tertiary/aromatic N) is 4. The fraction of sp³-hybridized carbons (Fsp3) is 0.143. The van der Waals surface area contributed by atoms with Gasteiger partial charge in [-0.3, -0.25) is 24.0 Å². The van der Waals surface area contributed by atoms with Crippen molar-refractivity contribution in [2.24, 2.45) is 12.0 Å². The standard InChI is InChI=1S/C21H18N4O4/c1-13-18(21(29)25(23(13)2)14-8-4-3-5-9-14)22-19-15-10-6-7-11-16(15)24(20(19)28)12-17(26)27/h3-11H,12H2,1-2H3,(H,26,27). The van der Waals surface area contributed by atoms with E-state index < -0.39 is 18.4 Å². The lowest BCUT2D eigenvalue weighted by molar-refractivity contribution is -0.136. The van der Waals surface area contributed by atoms with Crippen LogP contribution >= 0.6 is 0 Å². The Kier molecular flexibility index (Phi) is 4.38. The van der Waals surface area contributed by atoms with Gasteiger partial charge in [0, 0.05) is 12.6 Å². The summed E-state index contributed by atoms with van der Waals surface area (Å²) >= 11 is 0. The highest BCUT2D eigenvalue weighted by atomic mass is 16.4. The number of fused-ring (bicyclic) bond motifs is 1. The van der Waals surface area contributed by atoms with E-state index in [-0.39, 0.29) is 17.0 Å². The molecule has 2 aromatic carbocycles. The number of para-hydroxylation sites is 2. The quantitative estimate of drug-likeness (QED) is 0.737. The van der Waals surface area contributed by atoms with Crippen LogP contribution in [0.5, 0.6) is 0 Å². The maximum Gasteiger partial charge on any atom is 0.323 e. The Morgan fingerprint density at radius 3 is 2.38 bits per heavy atom. The highest BCUT2D eigenvalue weighted by molar-refractivity contribution is 6.55. The van der Waals surface area contributed by atoms with E-state index in [2.05, 4.69) is 4.99 Å². The number of aromatic nitrogens is 2. The molecule has 8 heteroatoms. The van der Waals surface area contributed by atoms with Crippen molar-refractivity contribution in [1.29, 1.82) is 0 Å². The molecule has 4 rings (SSSR count). The molecule has 146 valence electrons. The molecule has 0 unspecified atom stereocenters. The Morgan fingerprint density at radius 1 is 1.03 bits per heavy atom. The predicted molar refractivity (Wildman–Crippen MR) is 108 cm³/mol. The molecular formula is C21H18N4O4. The van der Waals surface area contributed by atoms with Gasteiger partial charge in [-0.05, 0) is 25.1 Å². The van der Waals surface area contributed by atoms with Crippen LogP contribution in [-0.2, 0) is 16.6 Å². The number of hydrogen-bond acceptors (Lipinski definition) is 4. The molecule has 1 aromatic heterocycles. The summed E-state index contributed by atoms with van der Waals surface area (Å²) in [6.07, 6.45) is 0. The number of rotatable bonds is 4. The summed E-state index contributed by atoms with van der Waals surface area (Å²) < 4.78 is 3.16. The molecule has 3 aromatic rings. The first-order chi connectivity index (χ1) is 13.9. The topological polar surface area (TPSA) is 96.9 Å². The minimum Gasteiger partial charge on any atom is -0.480 e. The molecule has 1 aliphatic rings. The number of aliphatic carboxylic acids is 1. The van der Waals surface area contributed by atoms with Gasteiger partial charge in [0.25, 0.3) is 11.5 Å². The molecule has 0 aliphatic carbocycles. The van der Waals surface area contributed by atoms with Crippen molar-refractivity contribution in [2.45, 2.75) is 6.92 Å². The van der Waals surface area contributed by atoms with E-state index in [1.54, 1.807) is 42.9 Å². The zero-order chi connectivity index (χ0) is 20.7. The average molecular weight is 390 g/mol. The van der Waals surface area contributed by atoms with Crippen molar-refractivity contribution in [3.63, 3.8) is 0 Å². The van der Waals surface area contributed by atoms with Crippen molar-refractivity contribution in [3.8, 4) is 5.69 Å². The smallest absolute Gasteiger partial charge is 0.323 e. The average Bonchev–Trinajstić information content (AvgIpc) is 3.09. The predicted octanol–water partition coefficient (Wildman–Crippen LogP) is 2.04. The summed E-state index contributed by atoms with van der Waals surface area (Å²) in [5.41, 5.74) is 2.10. The summed E-state index contributed by atoms with van der Waals surface area (Å²) in [5, 5.41) is 9.16. The van der Waals surface area contributed by atoms with Crippen LogP contribution in [0.15, 0.2) is 64.4 Å². The van der Waals surface area contributed by atoms with Gasteiger partial charge in [-0.25, -0.2) is 9.67 Å². The maximum atomic E-state index is 13.1. The number of carboxylic acids is 1. The highest BCUT2D eigenvalue weighted by Crippen LogP contribution is 2.30. The molecule has 0 spiro atoms. The van der Waals surface area contributed by atoms with Gasteiger partial charge < -0.3 is 5.11 Å². The molecule has 0 saturated heterocycles. The van der Waals surface area contributed by atoms with Crippen molar-refractivity contribution < 1.29 is 14.7 Å². The van der Waals surface area contributed by atoms with Gasteiger partial charge >= 0.3 is 5.97 Å². The fourth-order valence-electron chi connectivity index (χ4n) is 3.46. The van der Waals surface area contributed by atoms with Crippen LogP contribution in [0.3, 0.4) is 0 Å². The van der Waals surface area contributed by atoms with Crippen LogP contribution < -0.4 is 10.5 Å². The van der Waals surface area contributed by atoms with E-state index >= 15 is 0 Å². The second-order valence-corrected chi connectivity index (χ2v) is 6.67. The minimum atomic E-state index is -1.13. The number of carbonyl (C=O) groups is 2. The van der Waals surface area contributed by atoms with Crippen molar-refractivity contribution in [3.05, 3.63) is 76.2 Å². The molecule has 0 saturated carbocycles. The number of carbonyl (C=O) groups excluding carboxylic acids is 1. The number of carboxylic acid groups (broad SMARTS) is 1. The van der Waals surface area contributed by atoms with E-state index in [0.717, 1.165) is 4.90 Å². The third-order valence-corrected chi connectivity index (χ3v) is 4.94. The molecule has 2 heterocycles. The monoisotopic (exact) mass is 390 g/mol. The van der Waals surface area contributed by atoms with E-state index in [0.29, 0.717) is 22.6 Å². The molecule has 0 atom stereocenters. The van der Waals surface area contributed by atoms with Gasteiger partial charge in [-0.1, -0.05) is 36.4 Å². The summed E-state index contributed by atoms with van der Waals surface area (Å²) in [5.74, 6) is -1.67. The summed E-state index contributed by atoms with van der Waals surface area (Å²) in [6.45, 7) is 1.28. The van der Waals surface area contributed by atoms with Crippen LogP contribution in [0.1, 0.15) is 11.3 Å². The zero-order valence-electron chi connectivity index (χ0n) is 15.9. The summed E-state index contributed by atoms with van der Waals surface area (Å²) in [6, 6.07) is 16.0. The molecule has 0 bridgehead atoms. The van der Waals surface area contributed by atoms with Gasteiger partial charge in [-0.2, -0.15) is 0 Å². The van der Waals surface area contributed by atoms with Gasteiger partial charge in [-0.15, -0.1) is 0 Å². The lowest BCUT2D eigenvalue weighted by Gasteiger charge is -2.13. The van der Waals surface area contributed by atoms with Gasteiger partial charge in [0.05, 0.1) is 17.1 Å². The lowest BCUT2D eigenvalue weighted by atomic mass is 10.1. The van der Waals surface area contributed by atoms with Gasteiger partial charge in [0.1, 0.15) is 12.3 Å². The van der Waals surface area contributed by atoms with Gasteiger partial charge in [0.15, 0.2) is 5.69 Å². The number of amides is 1. The summed E-state index contributed by atoms with van der Waals surface area (Å²) in [4.78, 5) is 42.8. The van der Waals surface area contributed by atoms with E-state index in [1.807, 2.05) is 30.3 Å². The third-order valence-electron chi connectivity index (χ3n) is 4.94. The van der Waals surface area contributed by atoms with Crippen LogP contribution in [0.25, 0.3) is 5.69 Å². The number of aliphatic imine (C=N–C) groups is 1. The second-order valence-electron chi connectivity index (χ2n) is 6.67. The zero-order valence-corrected chi connectivity index (χ0v) is 15.9. The number of anilines is 1. The largest absolute Gasteiger partial charge is 0.480 e. The first-order valence-corrected chi connectivity index (χ1v) is 8.96. The minimum absolute atomic E-state index is 0.0628. The first kappa shape index (κ1) is 18.4. The Morgan fingerprint density at radius 2 is 1.69 bits per heavy atom. The Balaban J connectivity index is 1.89. The Labute approximate surface area is 165 Å². The molecule has 29 heavy (non-hydrogen) atoms. The molecular weight excluding hydrogens is 372 g/mol. The molecule has 0 fully saturated rings. The molecule has 1 N–H and O–H groups in total. The summed E-state index contributed by atoms with van der Waals surface area (Å²) in [7, 11) is 1.74. The molecule has 0 radical (unpaired) electrons. The first-order valence-electron chi connectivity index (χ1n) is 8.96. The van der Waals surface area contributed by atoms with E-state index in [1.165, 1.54) is 4.68 Å². The lowest BCUT2D eigenvalue weighted by Crippen LogP contribution is -2.34. The fourth-order valence-corrected chi connectivity index (χ4v) is 3.46. The SMILES string of the molecule is Cc1c(N=C2C(=O)N(CC(=O)O)c3ccccc32)c(=O)n(-c2ccccc2)n1C. The van der Waals surface area contributed by atoms with E-state index in [4.69, 9.17) is 5.11 Å². The molecule has 8 nitrogen and oxygen atoms in total. The van der Waals surface area contributed by atoms with Crippen molar-refractivity contribution >= 4 is 29.0 Å². The molecule has 1 amide bonds. The molecule has 1 aliphatic heterocycles. The van der Waals surface area contributed by atoms with Crippen LogP contribution in [0, 0.1) is 6.92 Å². The van der Waals surface area contributed by atoms with E-state index in [9.17, 15) is 14.4 Å².